The van der Waals surface area contributed by atoms with E-state index in [4.69, 9.17) is 0 Å². The van der Waals surface area contributed by atoms with Gasteiger partial charge in [0.25, 0.3) is 0 Å². The number of hydrogen-bond acceptors (Lipinski definition) is 2. The maximum absolute atomic E-state index is 9.32. The average Bonchev–Trinajstić information content (AvgIpc) is 2.67. The third-order valence-electron chi connectivity index (χ3n) is 4.81. The Morgan fingerprint density at radius 1 is 0.600 bits per heavy atom. The molecule has 3 heteroatoms. The molecule has 0 unspecified atom stereocenters. The summed E-state index contributed by atoms with van der Waals surface area (Å²) in [5.41, 5.74) is 3.36. The van der Waals surface area contributed by atoms with Gasteiger partial charge < -0.3 is 10.0 Å². The predicted octanol–water partition coefficient (Wildman–Crippen LogP) is 4.27. The summed E-state index contributed by atoms with van der Waals surface area (Å²) in [6, 6.07) is 31.5. The first-order valence-electron chi connectivity index (χ1n) is 8.76. The average molecular weight is 330 g/mol. The van der Waals surface area contributed by atoms with E-state index < -0.39 is 7.12 Å². The molecule has 0 radical (unpaired) electrons. The van der Waals surface area contributed by atoms with E-state index in [-0.39, 0.29) is 5.41 Å². The molecule has 0 bridgehead atoms. The van der Waals surface area contributed by atoms with Crippen LogP contribution in [-0.4, -0.2) is 17.2 Å². The first-order chi connectivity index (χ1) is 12.2. The summed E-state index contributed by atoms with van der Waals surface area (Å²) in [6.45, 7) is 0. The van der Waals surface area contributed by atoms with Gasteiger partial charge in [-0.3, -0.25) is 0 Å². The molecule has 0 spiro atoms. The van der Waals surface area contributed by atoms with E-state index in [9.17, 15) is 10.0 Å². The molecule has 126 valence electrons. The molecule has 0 aliphatic rings. The number of rotatable bonds is 7. The highest BCUT2D eigenvalue weighted by atomic mass is 16.4. The largest absolute Gasteiger partial charge is 0.451 e. The summed E-state index contributed by atoms with van der Waals surface area (Å²) in [5, 5.41) is 18.6. The minimum Gasteiger partial charge on any atom is -0.427 e. The van der Waals surface area contributed by atoms with Gasteiger partial charge in [0.2, 0.25) is 0 Å². The first-order valence-corrected chi connectivity index (χ1v) is 8.76. The lowest BCUT2D eigenvalue weighted by molar-refractivity contribution is 0.398. The van der Waals surface area contributed by atoms with Crippen LogP contribution in [-0.2, 0) is 5.41 Å². The zero-order chi connectivity index (χ0) is 17.5. The Morgan fingerprint density at radius 2 is 0.960 bits per heavy atom. The smallest absolute Gasteiger partial charge is 0.427 e. The van der Waals surface area contributed by atoms with Crippen molar-refractivity contribution in [3.05, 3.63) is 108 Å². The van der Waals surface area contributed by atoms with Gasteiger partial charge in [0, 0.05) is 5.41 Å². The van der Waals surface area contributed by atoms with Crippen LogP contribution in [0.5, 0.6) is 0 Å². The van der Waals surface area contributed by atoms with E-state index in [2.05, 4.69) is 72.8 Å². The highest BCUT2D eigenvalue weighted by molar-refractivity contribution is 6.40. The molecule has 0 heterocycles. The van der Waals surface area contributed by atoms with Crippen molar-refractivity contribution in [1.82, 2.24) is 0 Å². The van der Waals surface area contributed by atoms with Gasteiger partial charge in [0.05, 0.1) is 0 Å². The second-order valence-electron chi connectivity index (χ2n) is 6.38. The molecular weight excluding hydrogens is 307 g/mol. The fourth-order valence-corrected chi connectivity index (χ4v) is 3.65. The van der Waals surface area contributed by atoms with Gasteiger partial charge in [0.1, 0.15) is 0 Å². The quantitative estimate of drug-likeness (QED) is 0.502. The van der Waals surface area contributed by atoms with Gasteiger partial charge in [-0.1, -0.05) is 97.4 Å². The van der Waals surface area contributed by atoms with Crippen molar-refractivity contribution in [2.24, 2.45) is 0 Å². The lowest BCUT2D eigenvalue weighted by Crippen LogP contribution is -2.30. The fraction of sp³-hybridized carbons (Fsp3) is 0.182. The van der Waals surface area contributed by atoms with Crippen molar-refractivity contribution in [2.45, 2.75) is 24.6 Å². The number of hydrogen-bond donors (Lipinski definition) is 2. The van der Waals surface area contributed by atoms with Crippen LogP contribution >= 0.6 is 0 Å². The second-order valence-corrected chi connectivity index (χ2v) is 6.38. The molecule has 0 aliphatic carbocycles. The van der Waals surface area contributed by atoms with Gasteiger partial charge >= 0.3 is 7.12 Å². The molecule has 0 atom stereocenters. The Labute approximate surface area is 149 Å². The van der Waals surface area contributed by atoms with Crippen LogP contribution in [0.2, 0.25) is 6.32 Å². The van der Waals surface area contributed by atoms with Crippen LogP contribution < -0.4 is 0 Å². The summed E-state index contributed by atoms with van der Waals surface area (Å²) >= 11 is 0. The van der Waals surface area contributed by atoms with Crippen LogP contribution in [0.25, 0.3) is 0 Å². The van der Waals surface area contributed by atoms with Crippen LogP contribution in [0.3, 0.4) is 0 Å². The first kappa shape index (κ1) is 17.5. The van der Waals surface area contributed by atoms with E-state index in [1.165, 1.54) is 16.7 Å². The topological polar surface area (TPSA) is 40.5 Å². The molecule has 2 N–H and O–H groups in total. The Hall–Kier alpha value is -2.36. The van der Waals surface area contributed by atoms with E-state index in [1.807, 2.05) is 18.2 Å². The summed E-state index contributed by atoms with van der Waals surface area (Å²) in [4.78, 5) is 0. The van der Waals surface area contributed by atoms with Crippen molar-refractivity contribution in [3.63, 3.8) is 0 Å². The van der Waals surface area contributed by atoms with E-state index in [0.717, 1.165) is 12.8 Å². The summed E-state index contributed by atoms with van der Waals surface area (Å²) in [5.74, 6) is 0. The molecule has 3 aromatic rings. The molecule has 0 aliphatic heterocycles. The maximum atomic E-state index is 9.32. The Kier molecular flexibility index (Phi) is 5.69. The van der Waals surface area contributed by atoms with E-state index in [1.54, 1.807) is 0 Å². The van der Waals surface area contributed by atoms with Crippen molar-refractivity contribution < 1.29 is 10.0 Å². The Morgan fingerprint density at radius 3 is 1.28 bits per heavy atom. The van der Waals surface area contributed by atoms with Gasteiger partial charge in [-0.15, -0.1) is 0 Å². The van der Waals surface area contributed by atoms with E-state index >= 15 is 0 Å². The Bertz CT molecular complexity index is 661. The second kappa shape index (κ2) is 8.15. The zero-order valence-electron chi connectivity index (χ0n) is 14.3. The molecule has 25 heavy (non-hydrogen) atoms. The van der Waals surface area contributed by atoms with Crippen molar-refractivity contribution in [3.8, 4) is 0 Å². The van der Waals surface area contributed by atoms with Crippen LogP contribution in [0, 0.1) is 0 Å². The lowest BCUT2D eigenvalue weighted by Gasteiger charge is -2.36. The van der Waals surface area contributed by atoms with E-state index in [0.29, 0.717) is 6.32 Å². The molecule has 0 saturated heterocycles. The summed E-state index contributed by atoms with van der Waals surface area (Å²) in [7, 11) is -1.26. The summed E-state index contributed by atoms with van der Waals surface area (Å²) < 4.78 is 0. The molecule has 3 aromatic carbocycles. The molecule has 2 nitrogen and oxygen atoms in total. The summed E-state index contributed by atoms with van der Waals surface area (Å²) in [6.07, 6.45) is 1.90. The highest BCUT2D eigenvalue weighted by Gasteiger charge is 2.35. The molecule has 0 aromatic heterocycles. The van der Waals surface area contributed by atoms with Crippen LogP contribution in [0.15, 0.2) is 91.0 Å². The fourth-order valence-electron chi connectivity index (χ4n) is 3.65. The third-order valence-corrected chi connectivity index (χ3v) is 4.81. The molecular formula is C22H23BO2. The maximum Gasteiger partial charge on any atom is 0.451 e. The van der Waals surface area contributed by atoms with Crippen LogP contribution in [0.4, 0.5) is 0 Å². The number of benzene rings is 3. The van der Waals surface area contributed by atoms with Crippen molar-refractivity contribution in [2.75, 3.05) is 0 Å². The Balaban J connectivity index is 2.16. The highest BCUT2D eigenvalue weighted by Crippen LogP contribution is 2.43. The standard InChI is InChI=1S/C22H23BO2/c24-23(25)18-10-17-22(19-11-4-1-5-12-19,20-13-6-2-7-14-20)21-15-8-3-9-16-21/h1-9,11-16,24-25H,10,17-18H2. The lowest BCUT2D eigenvalue weighted by atomic mass is 9.65. The van der Waals surface area contributed by atoms with Gasteiger partial charge in [-0.05, 0) is 29.4 Å². The monoisotopic (exact) mass is 330 g/mol. The van der Waals surface area contributed by atoms with Gasteiger partial charge in [0.15, 0.2) is 0 Å². The molecule has 0 fully saturated rings. The molecule has 3 rings (SSSR count). The van der Waals surface area contributed by atoms with Gasteiger partial charge in [-0.25, -0.2) is 0 Å². The van der Waals surface area contributed by atoms with Gasteiger partial charge in [-0.2, -0.15) is 0 Å². The minimum absolute atomic E-state index is 0.307. The predicted molar refractivity (Wildman–Crippen MR) is 103 cm³/mol. The third kappa shape index (κ3) is 3.84. The normalized spacial score (nSPS) is 11.3. The zero-order valence-corrected chi connectivity index (χ0v) is 14.3. The van der Waals surface area contributed by atoms with Crippen molar-refractivity contribution in [1.29, 1.82) is 0 Å². The van der Waals surface area contributed by atoms with Crippen molar-refractivity contribution >= 4 is 7.12 Å². The SMILES string of the molecule is OB(O)CCCC(c1ccccc1)(c1ccccc1)c1ccccc1. The molecule has 0 amide bonds. The molecule has 0 saturated carbocycles. The minimum atomic E-state index is -1.26. The van der Waals surface area contributed by atoms with Crippen LogP contribution in [0.1, 0.15) is 29.5 Å².